The molecule has 1 aliphatic heterocycles. The first-order valence-electron chi connectivity index (χ1n) is 10.4. The zero-order valence-corrected chi connectivity index (χ0v) is 17.9. The molecule has 2 heterocycles. The summed E-state index contributed by atoms with van der Waals surface area (Å²) in [6.45, 7) is 3.35. The molecule has 6 nitrogen and oxygen atoms in total. The van der Waals surface area contributed by atoms with Crippen LogP contribution in [0.25, 0.3) is 0 Å². The number of fused-ring (bicyclic) bond motifs is 1. The molecule has 0 saturated heterocycles. The van der Waals surface area contributed by atoms with Gasteiger partial charge in [-0.2, -0.15) is 0 Å². The SMILES string of the molecule is CC(Sc1nnc2n1CCCCC2)C(=O)Nc1ccc(OCc2ccccc2)cc1. The molecule has 1 unspecified atom stereocenters. The lowest BCUT2D eigenvalue weighted by atomic mass is 10.2. The number of aromatic nitrogens is 3. The zero-order valence-electron chi connectivity index (χ0n) is 17.1. The molecular weight excluding hydrogens is 396 g/mol. The molecule has 0 saturated carbocycles. The van der Waals surface area contributed by atoms with Crippen LogP contribution in [-0.4, -0.2) is 25.9 Å². The maximum atomic E-state index is 12.6. The van der Waals surface area contributed by atoms with Gasteiger partial charge in [-0.3, -0.25) is 4.79 Å². The van der Waals surface area contributed by atoms with Crippen LogP contribution in [0.1, 0.15) is 37.6 Å². The average molecular weight is 423 g/mol. The van der Waals surface area contributed by atoms with Crippen LogP contribution in [0, 0.1) is 0 Å². The summed E-state index contributed by atoms with van der Waals surface area (Å²) in [5, 5.41) is 12.2. The van der Waals surface area contributed by atoms with Gasteiger partial charge < -0.3 is 14.6 Å². The predicted octanol–water partition coefficient (Wildman–Crippen LogP) is 4.70. The summed E-state index contributed by atoms with van der Waals surface area (Å²) in [5.41, 5.74) is 1.87. The van der Waals surface area contributed by atoms with E-state index >= 15 is 0 Å². The second-order valence-corrected chi connectivity index (χ2v) is 8.72. The Bertz CT molecular complexity index is 973. The van der Waals surface area contributed by atoms with Crippen molar-refractivity contribution in [2.24, 2.45) is 0 Å². The number of carbonyl (C=O) groups excluding carboxylic acids is 1. The number of nitrogens with zero attached hydrogens (tertiary/aromatic N) is 3. The fraction of sp³-hybridized carbons (Fsp3) is 0.348. The summed E-state index contributed by atoms with van der Waals surface area (Å²) in [7, 11) is 0. The molecule has 30 heavy (non-hydrogen) atoms. The Labute approximate surface area is 181 Å². The van der Waals surface area contributed by atoms with Crippen molar-refractivity contribution in [3.8, 4) is 5.75 Å². The van der Waals surface area contributed by atoms with Gasteiger partial charge in [-0.05, 0) is 49.6 Å². The Balaban J connectivity index is 1.30. The highest BCUT2D eigenvalue weighted by Gasteiger charge is 2.21. The third-order valence-corrected chi connectivity index (χ3v) is 6.18. The van der Waals surface area contributed by atoms with Crippen molar-refractivity contribution >= 4 is 23.4 Å². The van der Waals surface area contributed by atoms with E-state index in [2.05, 4.69) is 20.1 Å². The molecule has 156 valence electrons. The van der Waals surface area contributed by atoms with Crippen LogP contribution in [0.2, 0.25) is 0 Å². The highest BCUT2D eigenvalue weighted by atomic mass is 32.2. The molecule has 1 aliphatic rings. The molecule has 1 N–H and O–H groups in total. The Hall–Kier alpha value is -2.80. The van der Waals surface area contributed by atoms with Crippen LogP contribution in [0.5, 0.6) is 5.75 Å². The largest absolute Gasteiger partial charge is 0.489 e. The molecule has 0 radical (unpaired) electrons. The van der Waals surface area contributed by atoms with Crippen LogP contribution in [0.3, 0.4) is 0 Å². The van der Waals surface area contributed by atoms with Gasteiger partial charge in [0.15, 0.2) is 5.16 Å². The number of amides is 1. The minimum absolute atomic E-state index is 0.0519. The number of nitrogens with one attached hydrogen (secondary N) is 1. The van der Waals surface area contributed by atoms with Crippen LogP contribution < -0.4 is 10.1 Å². The molecule has 4 rings (SSSR count). The summed E-state index contributed by atoms with van der Waals surface area (Å²) in [4.78, 5) is 12.6. The molecule has 0 aliphatic carbocycles. The summed E-state index contributed by atoms with van der Waals surface area (Å²) in [5.74, 6) is 1.75. The van der Waals surface area contributed by atoms with E-state index in [1.54, 1.807) is 0 Å². The first-order chi connectivity index (χ1) is 14.7. The van der Waals surface area contributed by atoms with Gasteiger partial charge in [-0.15, -0.1) is 10.2 Å². The number of carbonyl (C=O) groups is 1. The van der Waals surface area contributed by atoms with Gasteiger partial charge in [0.05, 0.1) is 5.25 Å². The lowest BCUT2D eigenvalue weighted by Crippen LogP contribution is -2.23. The predicted molar refractivity (Wildman–Crippen MR) is 119 cm³/mol. The Morgan fingerprint density at radius 2 is 1.90 bits per heavy atom. The fourth-order valence-electron chi connectivity index (χ4n) is 3.38. The summed E-state index contributed by atoms with van der Waals surface area (Å²) in [6.07, 6.45) is 4.48. The van der Waals surface area contributed by atoms with Gasteiger partial charge >= 0.3 is 0 Å². The molecular formula is C23H26N4O2S. The summed E-state index contributed by atoms with van der Waals surface area (Å²) in [6, 6.07) is 17.5. The van der Waals surface area contributed by atoms with E-state index in [9.17, 15) is 4.79 Å². The lowest BCUT2D eigenvalue weighted by molar-refractivity contribution is -0.115. The number of hydrogen-bond donors (Lipinski definition) is 1. The number of rotatable bonds is 7. The van der Waals surface area contributed by atoms with Crippen molar-refractivity contribution in [1.82, 2.24) is 14.8 Å². The third-order valence-electron chi connectivity index (χ3n) is 5.10. The number of thioether (sulfide) groups is 1. The number of hydrogen-bond acceptors (Lipinski definition) is 5. The topological polar surface area (TPSA) is 69.0 Å². The first-order valence-corrected chi connectivity index (χ1v) is 11.2. The fourth-order valence-corrected chi connectivity index (χ4v) is 4.27. The molecule has 3 aromatic rings. The number of anilines is 1. The standard InChI is InChI=1S/C23H26N4O2S/c1-17(30-23-26-25-21-10-6-3-7-15-27(21)23)22(28)24-19-11-13-20(14-12-19)29-16-18-8-4-2-5-9-18/h2,4-5,8-9,11-14,17H,3,6-7,10,15-16H2,1H3,(H,24,28). The average Bonchev–Trinajstić information content (AvgIpc) is 2.99. The molecule has 0 bridgehead atoms. The maximum Gasteiger partial charge on any atom is 0.237 e. The smallest absolute Gasteiger partial charge is 0.237 e. The van der Waals surface area contributed by atoms with E-state index in [0.29, 0.717) is 6.61 Å². The van der Waals surface area contributed by atoms with Gasteiger partial charge in [0, 0.05) is 18.7 Å². The first kappa shape index (κ1) is 20.5. The van der Waals surface area contributed by atoms with E-state index in [1.165, 1.54) is 18.2 Å². The van der Waals surface area contributed by atoms with Crippen LogP contribution >= 0.6 is 11.8 Å². The second-order valence-electron chi connectivity index (χ2n) is 7.41. The van der Waals surface area contributed by atoms with Crippen molar-refractivity contribution in [3.05, 3.63) is 66.0 Å². The maximum absolute atomic E-state index is 12.6. The van der Waals surface area contributed by atoms with Gasteiger partial charge in [0.1, 0.15) is 18.2 Å². The van der Waals surface area contributed by atoms with Gasteiger partial charge in [-0.25, -0.2) is 0 Å². The molecule has 1 atom stereocenters. The molecule has 0 spiro atoms. The van der Waals surface area contributed by atoms with Crippen molar-refractivity contribution in [2.75, 3.05) is 5.32 Å². The van der Waals surface area contributed by atoms with E-state index in [-0.39, 0.29) is 11.2 Å². The van der Waals surface area contributed by atoms with Crippen molar-refractivity contribution in [1.29, 1.82) is 0 Å². The van der Waals surface area contributed by atoms with Crippen molar-refractivity contribution in [3.63, 3.8) is 0 Å². The van der Waals surface area contributed by atoms with Gasteiger partial charge in [0.25, 0.3) is 0 Å². The monoisotopic (exact) mass is 422 g/mol. The molecule has 2 aromatic carbocycles. The lowest BCUT2D eigenvalue weighted by Gasteiger charge is -2.13. The molecule has 0 fully saturated rings. The highest BCUT2D eigenvalue weighted by molar-refractivity contribution is 8.00. The van der Waals surface area contributed by atoms with Gasteiger partial charge in [0.2, 0.25) is 5.91 Å². The van der Waals surface area contributed by atoms with E-state index in [0.717, 1.165) is 53.8 Å². The number of ether oxygens (including phenoxy) is 1. The minimum atomic E-state index is -0.268. The van der Waals surface area contributed by atoms with E-state index in [1.807, 2.05) is 61.5 Å². The Kier molecular flexibility index (Phi) is 6.69. The summed E-state index contributed by atoms with van der Waals surface area (Å²) >= 11 is 1.46. The normalized spacial score (nSPS) is 14.4. The van der Waals surface area contributed by atoms with Crippen molar-refractivity contribution < 1.29 is 9.53 Å². The van der Waals surface area contributed by atoms with E-state index in [4.69, 9.17) is 4.74 Å². The number of benzene rings is 2. The molecule has 7 heteroatoms. The molecule has 1 amide bonds. The minimum Gasteiger partial charge on any atom is -0.489 e. The quantitative estimate of drug-likeness (QED) is 0.559. The van der Waals surface area contributed by atoms with E-state index < -0.39 is 0 Å². The molecule has 1 aromatic heterocycles. The van der Waals surface area contributed by atoms with Crippen molar-refractivity contribution in [2.45, 2.75) is 56.2 Å². The third kappa shape index (κ3) is 5.21. The Morgan fingerprint density at radius 3 is 2.70 bits per heavy atom. The van der Waals surface area contributed by atoms with Crippen LogP contribution in [-0.2, 0) is 24.4 Å². The van der Waals surface area contributed by atoms with Gasteiger partial charge in [-0.1, -0.05) is 48.5 Å². The second kappa shape index (κ2) is 9.80. The summed E-state index contributed by atoms with van der Waals surface area (Å²) < 4.78 is 7.96. The zero-order chi connectivity index (χ0) is 20.8. The van der Waals surface area contributed by atoms with Crippen LogP contribution in [0.15, 0.2) is 59.8 Å². The Morgan fingerprint density at radius 1 is 1.10 bits per heavy atom. The number of aryl methyl sites for hydroxylation is 1. The van der Waals surface area contributed by atoms with Crippen LogP contribution in [0.4, 0.5) is 5.69 Å². The highest BCUT2D eigenvalue weighted by Crippen LogP contribution is 2.26.